The largest absolute Gasteiger partial charge is 0.516 e. The van der Waals surface area contributed by atoms with E-state index in [1.807, 2.05) is 74.7 Å². The van der Waals surface area contributed by atoms with E-state index in [2.05, 4.69) is 10.1 Å². The van der Waals surface area contributed by atoms with Crippen LogP contribution in [0.25, 0.3) is 22.0 Å². The highest BCUT2D eigenvalue weighted by Gasteiger charge is 2.23. The number of carbonyl (C=O) groups is 1. The SMILES string of the molecule is BC(B)(B)O/C(C)=C(/C=C\N)N(C)c1c(N(C)C=O)cnc2cc(OC)c(-c3cn(C)nc3C)cc12. The van der Waals surface area contributed by atoms with Crippen LogP contribution in [0.4, 0.5) is 11.4 Å². The number of fused-ring (bicyclic) bond motifs is 1. The Morgan fingerprint density at radius 2 is 1.92 bits per heavy atom. The van der Waals surface area contributed by atoms with Crippen molar-refractivity contribution < 1.29 is 14.3 Å². The molecule has 36 heavy (non-hydrogen) atoms. The van der Waals surface area contributed by atoms with Crippen molar-refractivity contribution in [1.82, 2.24) is 14.8 Å². The van der Waals surface area contributed by atoms with Gasteiger partial charge in [-0.2, -0.15) is 5.10 Å². The third-order valence-electron chi connectivity index (χ3n) is 5.75. The zero-order valence-corrected chi connectivity index (χ0v) is 22.6. The zero-order chi connectivity index (χ0) is 26.8. The number of methoxy groups -OCH3 is 1. The first-order chi connectivity index (χ1) is 16.9. The molecule has 1 aromatic carbocycles. The molecule has 3 aromatic rings. The molecule has 0 saturated carbocycles. The van der Waals surface area contributed by atoms with Crippen LogP contribution in [0.5, 0.6) is 5.75 Å². The topological polar surface area (TPSA) is 98.7 Å². The highest BCUT2D eigenvalue weighted by Crippen LogP contribution is 2.42. The van der Waals surface area contributed by atoms with E-state index >= 15 is 0 Å². The number of pyridine rings is 1. The van der Waals surface area contributed by atoms with Crippen LogP contribution in [0.3, 0.4) is 0 Å². The molecule has 0 unspecified atom stereocenters. The van der Waals surface area contributed by atoms with Crippen molar-refractivity contribution in [3.63, 3.8) is 0 Å². The molecule has 0 aliphatic heterocycles. The molecule has 0 spiro atoms. The number of nitrogens with two attached hydrogens (primary N) is 1. The summed E-state index contributed by atoms with van der Waals surface area (Å²) in [6.07, 6.45) is 7.66. The number of benzene rings is 1. The van der Waals surface area contributed by atoms with E-state index in [0.717, 1.165) is 40.0 Å². The van der Waals surface area contributed by atoms with Gasteiger partial charge in [0.05, 0.1) is 41.6 Å². The summed E-state index contributed by atoms with van der Waals surface area (Å²) >= 11 is 0. The number of rotatable bonds is 9. The molecule has 0 fully saturated rings. The van der Waals surface area contributed by atoms with Crippen molar-refractivity contribution in [2.75, 3.05) is 31.0 Å². The number of amides is 1. The van der Waals surface area contributed by atoms with Crippen LogP contribution in [0.15, 0.2) is 48.3 Å². The number of ether oxygens (including phenoxy) is 2. The maximum Gasteiger partial charge on any atom is 0.213 e. The van der Waals surface area contributed by atoms with Crippen molar-refractivity contribution in [2.45, 2.75) is 19.1 Å². The Hall–Kier alpha value is -3.82. The molecule has 2 heterocycles. The lowest BCUT2D eigenvalue weighted by Crippen LogP contribution is -2.34. The Morgan fingerprint density at radius 1 is 1.22 bits per heavy atom. The molecular weight excluding hydrogens is 453 g/mol. The summed E-state index contributed by atoms with van der Waals surface area (Å²) in [5.74, 6) is 1.37. The van der Waals surface area contributed by atoms with Gasteiger partial charge in [-0.1, -0.05) is 0 Å². The van der Waals surface area contributed by atoms with E-state index in [1.165, 1.54) is 11.1 Å². The predicted octanol–water partition coefficient (Wildman–Crippen LogP) is 0.212. The maximum atomic E-state index is 11.8. The standard InChI is InChI=1S/C24H33B3N6O3/c1-14-18(12-32(4)30-14)16-9-17-19(10-22(16)35-6)29-11-21(31(3)13-34)23(17)33(5)20(7-8-28)15(2)36-24(25,26)27/h7-13H,25-28H2,1-6H3/b8-7-,20-15-. The van der Waals surface area contributed by atoms with Crippen molar-refractivity contribution >= 4 is 52.2 Å². The molecule has 9 nitrogen and oxygen atoms in total. The van der Waals surface area contributed by atoms with Crippen molar-refractivity contribution in [1.29, 1.82) is 0 Å². The second-order valence-corrected chi connectivity index (χ2v) is 9.65. The summed E-state index contributed by atoms with van der Waals surface area (Å²) in [6.45, 7) is 3.86. The van der Waals surface area contributed by atoms with Crippen LogP contribution in [0.1, 0.15) is 12.6 Å². The summed E-state index contributed by atoms with van der Waals surface area (Å²) in [7, 11) is 13.1. The Morgan fingerprint density at radius 3 is 2.44 bits per heavy atom. The van der Waals surface area contributed by atoms with Crippen LogP contribution in [-0.4, -0.2) is 71.2 Å². The number of nitrogens with zero attached hydrogens (tertiary/aromatic N) is 5. The van der Waals surface area contributed by atoms with Gasteiger partial charge in [0.25, 0.3) is 0 Å². The van der Waals surface area contributed by atoms with Crippen LogP contribution in [0, 0.1) is 6.92 Å². The van der Waals surface area contributed by atoms with Crippen LogP contribution in [0.2, 0.25) is 0 Å². The number of carbonyl (C=O) groups excluding carboxylic acids is 1. The van der Waals surface area contributed by atoms with Gasteiger partial charge in [-0.05, 0) is 32.2 Å². The highest BCUT2D eigenvalue weighted by molar-refractivity contribution is 6.58. The van der Waals surface area contributed by atoms with Gasteiger partial charge in [0, 0.05) is 55.2 Å². The minimum absolute atomic E-state index is 0.403. The lowest BCUT2D eigenvalue weighted by molar-refractivity contribution is -0.107. The third kappa shape index (κ3) is 5.37. The number of allylic oxidation sites excluding steroid dienone is 2. The zero-order valence-electron chi connectivity index (χ0n) is 22.6. The van der Waals surface area contributed by atoms with Gasteiger partial charge >= 0.3 is 0 Å². The number of anilines is 2. The Kier molecular flexibility index (Phi) is 7.76. The smallest absolute Gasteiger partial charge is 0.213 e. The summed E-state index contributed by atoms with van der Waals surface area (Å²) in [4.78, 5) is 20.0. The van der Waals surface area contributed by atoms with Gasteiger partial charge in [0.1, 0.15) is 35.0 Å². The van der Waals surface area contributed by atoms with Crippen LogP contribution >= 0.6 is 0 Å². The molecule has 0 aliphatic rings. The molecule has 0 aliphatic carbocycles. The molecule has 186 valence electrons. The minimum atomic E-state index is -0.403. The number of likely N-dealkylation sites (N-methyl/N-ethyl adjacent to an activating group) is 1. The first kappa shape index (κ1) is 26.8. The van der Waals surface area contributed by atoms with Crippen LogP contribution < -0.4 is 20.3 Å². The average molecular weight is 486 g/mol. The van der Waals surface area contributed by atoms with E-state index in [0.29, 0.717) is 22.7 Å². The summed E-state index contributed by atoms with van der Waals surface area (Å²) < 4.78 is 13.7. The first-order valence-corrected chi connectivity index (χ1v) is 11.6. The maximum absolute atomic E-state index is 11.8. The number of aryl methyl sites for hydroxylation is 2. The molecule has 2 aromatic heterocycles. The summed E-state index contributed by atoms with van der Waals surface area (Å²) in [5.41, 5.74) is 11.4. The molecule has 12 heteroatoms. The van der Waals surface area contributed by atoms with Crippen molar-refractivity contribution in [3.8, 4) is 16.9 Å². The Bertz CT molecular complexity index is 1350. The Balaban J connectivity index is 2.41. The quantitative estimate of drug-likeness (QED) is 0.200. The van der Waals surface area contributed by atoms with Gasteiger partial charge in [0.2, 0.25) is 6.41 Å². The highest BCUT2D eigenvalue weighted by atomic mass is 16.5. The van der Waals surface area contributed by atoms with E-state index in [9.17, 15) is 4.79 Å². The van der Waals surface area contributed by atoms with E-state index in [4.69, 9.17) is 15.2 Å². The number of hydrogen-bond acceptors (Lipinski definition) is 7. The molecule has 0 radical (unpaired) electrons. The molecule has 0 saturated heterocycles. The van der Waals surface area contributed by atoms with Gasteiger partial charge in [-0.3, -0.25) is 14.5 Å². The van der Waals surface area contributed by atoms with E-state index < -0.39 is 5.30 Å². The summed E-state index contributed by atoms with van der Waals surface area (Å²) in [6, 6.07) is 3.93. The van der Waals surface area contributed by atoms with E-state index in [-0.39, 0.29) is 0 Å². The second kappa shape index (κ2) is 10.4. The predicted molar refractivity (Wildman–Crippen MR) is 154 cm³/mol. The van der Waals surface area contributed by atoms with E-state index in [1.54, 1.807) is 31.1 Å². The normalized spacial score (nSPS) is 12.5. The first-order valence-electron chi connectivity index (χ1n) is 11.6. The molecule has 3 rings (SSSR count). The van der Waals surface area contributed by atoms with Gasteiger partial charge < -0.3 is 25.0 Å². The van der Waals surface area contributed by atoms with Crippen LogP contribution in [-0.2, 0) is 16.6 Å². The monoisotopic (exact) mass is 486 g/mol. The van der Waals surface area contributed by atoms with Gasteiger partial charge in [-0.15, -0.1) is 0 Å². The average Bonchev–Trinajstić information content (AvgIpc) is 3.16. The number of hydrogen-bond donors (Lipinski definition) is 1. The lowest BCUT2D eigenvalue weighted by atomic mass is 9.52. The fourth-order valence-corrected chi connectivity index (χ4v) is 4.29. The van der Waals surface area contributed by atoms with Gasteiger partial charge in [-0.25, -0.2) is 0 Å². The van der Waals surface area contributed by atoms with Crippen molar-refractivity contribution in [2.24, 2.45) is 12.8 Å². The molecule has 1 amide bonds. The fraction of sp³-hybridized carbons (Fsp3) is 0.292. The molecular formula is C24H33B3N6O3. The molecule has 0 atom stereocenters. The molecule has 2 N–H and O–H groups in total. The minimum Gasteiger partial charge on any atom is -0.516 e. The fourth-order valence-electron chi connectivity index (χ4n) is 4.29. The third-order valence-corrected chi connectivity index (χ3v) is 5.75. The second-order valence-electron chi connectivity index (χ2n) is 9.65. The Labute approximate surface area is 215 Å². The molecule has 0 bridgehead atoms. The number of aromatic nitrogens is 3. The van der Waals surface area contributed by atoms with Gasteiger partial charge in [0.15, 0.2) is 0 Å². The lowest BCUT2D eigenvalue weighted by Gasteiger charge is -2.31. The summed E-state index contributed by atoms with van der Waals surface area (Å²) in [5, 5.41) is 4.93. The van der Waals surface area contributed by atoms with Crippen molar-refractivity contribution in [3.05, 3.63) is 54.0 Å².